The fraction of sp³-hybridized carbons (Fsp3) is 0.538. The molecule has 0 saturated carbocycles. The molecule has 0 aliphatic carbocycles. The van der Waals surface area contributed by atoms with E-state index < -0.39 is 0 Å². The van der Waals surface area contributed by atoms with Crippen LogP contribution in [0.5, 0.6) is 0 Å². The van der Waals surface area contributed by atoms with Crippen LogP contribution >= 0.6 is 0 Å². The maximum absolute atomic E-state index is 5.53. The van der Waals surface area contributed by atoms with Crippen LogP contribution in [0.25, 0.3) is 0 Å². The molecule has 21 heavy (non-hydrogen) atoms. The Morgan fingerprint density at radius 3 is 2.62 bits per heavy atom. The van der Waals surface area contributed by atoms with Crippen molar-refractivity contribution < 1.29 is 0 Å². The summed E-state index contributed by atoms with van der Waals surface area (Å²) in [5, 5.41) is 11.3. The Morgan fingerprint density at radius 1 is 1.29 bits per heavy atom. The topological polar surface area (TPSA) is 107 Å². The normalized spacial score (nSPS) is 11.0. The van der Waals surface area contributed by atoms with E-state index in [2.05, 4.69) is 37.8 Å². The lowest BCUT2D eigenvalue weighted by Gasteiger charge is -2.15. The van der Waals surface area contributed by atoms with E-state index in [9.17, 15) is 0 Å². The van der Waals surface area contributed by atoms with E-state index in [-0.39, 0.29) is 5.92 Å². The Bertz CT molecular complexity index is 604. The second-order valence-electron chi connectivity index (χ2n) is 5.09. The highest BCUT2D eigenvalue weighted by Gasteiger charge is 2.13. The minimum Gasteiger partial charge on any atom is -0.362 e. The first-order valence-electron chi connectivity index (χ1n) is 7.02. The van der Waals surface area contributed by atoms with E-state index in [0.717, 1.165) is 29.6 Å². The quantitative estimate of drug-likeness (QED) is 0.545. The van der Waals surface area contributed by atoms with Crippen LogP contribution in [-0.4, -0.2) is 24.7 Å². The lowest BCUT2D eigenvalue weighted by Crippen LogP contribution is -2.16. The Balaban J connectivity index is 2.24. The number of rotatable bonds is 6. The molecular formula is C13H22N8. The molecule has 0 aliphatic rings. The third kappa shape index (κ3) is 3.27. The predicted octanol–water partition coefficient (Wildman–Crippen LogP) is 1.42. The second-order valence-corrected chi connectivity index (χ2v) is 5.09. The van der Waals surface area contributed by atoms with Gasteiger partial charge in [-0.25, -0.2) is 15.8 Å². The van der Waals surface area contributed by atoms with E-state index in [0.29, 0.717) is 12.4 Å². The maximum Gasteiger partial charge on any atom is 0.152 e. The van der Waals surface area contributed by atoms with Gasteiger partial charge >= 0.3 is 0 Å². The molecule has 4 N–H and O–H groups in total. The van der Waals surface area contributed by atoms with Crippen molar-refractivity contribution in [1.82, 2.24) is 24.7 Å². The molecule has 2 rings (SSSR count). The first-order valence-corrected chi connectivity index (χ1v) is 7.02. The molecule has 0 bridgehead atoms. The zero-order valence-corrected chi connectivity index (χ0v) is 12.9. The van der Waals surface area contributed by atoms with E-state index >= 15 is 0 Å². The monoisotopic (exact) mass is 290 g/mol. The Kier molecular flexibility index (Phi) is 4.69. The fourth-order valence-corrected chi connectivity index (χ4v) is 1.95. The second kappa shape index (κ2) is 6.49. The zero-order valence-electron chi connectivity index (χ0n) is 12.9. The molecule has 2 heterocycles. The van der Waals surface area contributed by atoms with Gasteiger partial charge in [0.1, 0.15) is 23.8 Å². The largest absolute Gasteiger partial charge is 0.362 e. The molecule has 114 valence electrons. The van der Waals surface area contributed by atoms with Gasteiger partial charge in [-0.3, -0.25) is 0 Å². The van der Waals surface area contributed by atoms with E-state index in [1.165, 1.54) is 0 Å². The van der Waals surface area contributed by atoms with Gasteiger partial charge < -0.3 is 15.3 Å². The Morgan fingerprint density at radius 2 is 2.00 bits per heavy atom. The number of nitrogens with one attached hydrogen (secondary N) is 2. The van der Waals surface area contributed by atoms with Gasteiger partial charge in [0.2, 0.25) is 0 Å². The van der Waals surface area contributed by atoms with Crippen LogP contribution in [0.3, 0.4) is 0 Å². The minimum atomic E-state index is 0.220. The standard InChI is InChI=1S/C13H22N8/c1-5-21-7-16-20-10(21)6-15-12-9(4)13(19-14)18-11(17-12)8(2)3/h7-8H,5-6,14H2,1-4H3,(H2,15,17,18,19). The average molecular weight is 290 g/mol. The van der Waals surface area contributed by atoms with Crippen molar-refractivity contribution in [2.75, 3.05) is 10.7 Å². The van der Waals surface area contributed by atoms with Crippen molar-refractivity contribution in [1.29, 1.82) is 0 Å². The van der Waals surface area contributed by atoms with Crippen molar-refractivity contribution in [3.05, 3.63) is 23.5 Å². The third-order valence-corrected chi connectivity index (χ3v) is 3.27. The maximum atomic E-state index is 5.53. The molecule has 0 fully saturated rings. The zero-order chi connectivity index (χ0) is 15.4. The predicted molar refractivity (Wildman–Crippen MR) is 81.7 cm³/mol. The first-order chi connectivity index (χ1) is 10.1. The highest BCUT2D eigenvalue weighted by atomic mass is 15.3. The van der Waals surface area contributed by atoms with Crippen molar-refractivity contribution in [2.24, 2.45) is 5.84 Å². The van der Waals surface area contributed by atoms with Gasteiger partial charge in [0.25, 0.3) is 0 Å². The van der Waals surface area contributed by atoms with Gasteiger partial charge in [-0.1, -0.05) is 13.8 Å². The lowest BCUT2D eigenvalue weighted by atomic mass is 10.2. The van der Waals surface area contributed by atoms with E-state index in [1.807, 2.05) is 25.3 Å². The number of aryl methyl sites for hydroxylation is 1. The van der Waals surface area contributed by atoms with E-state index in [4.69, 9.17) is 5.84 Å². The van der Waals surface area contributed by atoms with Gasteiger partial charge in [0.15, 0.2) is 5.82 Å². The number of anilines is 2. The van der Waals surface area contributed by atoms with Gasteiger partial charge in [0, 0.05) is 18.0 Å². The van der Waals surface area contributed by atoms with Crippen LogP contribution in [-0.2, 0) is 13.1 Å². The lowest BCUT2D eigenvalue weighted by molar-refractivity contribution is 0.705. The summed E-state index contributed by atoms with van der Waals surface area (Å²) in [4.78, 5) is 8.97. The van der Waals surface area contributed by atoms with Crippen LogP contribution in [0.1, 0.15) is 43.9 Å². The highest BCUT2D eigenvalue weighted by Crippen LogP contribution is 2.22. The molecule has 0 radical (unpaired) electrons. The number of hydrogen-bond acceptors (Lipinski definition) is 7. The number of nitrogen functional groups attached to an aromatic ring is 1. The summed E-state index contributed by atoms with van der Waals surface area (Å²) in [7, 11) is 0. The number of nitrogens with zero attached hydrogens (tertiary/aromatic N) is 5. The molecule has 2 aromatic heterocycles. The minimum absolute atomic E-state index is 0.220. The molecule has 0 atom stereocenters. The molecule has 0 unspecified atom stereocenters. The summed E-state index contributed by atoms with van der Waals surface area (Å²) < 4.78 is 1.98. The Labute approximate surface area is 124 Å². The summed E-state index contributed by atoms with van der Waals surface area (Å²) in [5.41, 5.74) is 3.50. The first kappa shape index (κ1) is 15.2. The Hall–Kier alpha value is -2.22. The molecule has 8 nitrogen and oxygen atoms in total. The van der Waals surface area contributed by atoms with Crippen molar-refractivity contribution in [2.45, 2.75) is 46.7 Å². The van der Waals surface area contributed by atoms with Crippen molar-refractivity contribution in [3.63, 3.8) is 0 Å². The number of nitrogens with two attached hydrogens (primary N) is 1. The molecule has 0 aliphatic heterocycles. The number of aromatic nitrogens is 5. The van der Waals surface area contributed by atoms with Gasteiger partial charge in [-0.15, -0.1) is 10.2 Å². The van der Waals surface area contributed by atoms with Gasteiger partial charge in [-0.05, 0) is 13.8 Å². The fourth-order valence-electron chi connectivity index (χ4n) is 1.95. The molecule has 0 saturated heterocycles. The van der Waals surface area contributed by atoms with Gasteiger partial charge in [-0.2, -0.15) is 0 Å². The average Bonchev–Trinajstić information content (AvgIpc) is 2.93. The molecule has 0 aromatic carbocycles. The summed E-state index contributed by atoms with van der Waals surface area (Å²) in [6.07, 6.45) is 1.72. The van der Waals surface area contributed by atoms with Crippen LogP contribution in [0.4, 0.5) is 11.6 Å². The summed E-state index contributed by atoms with van der Waals surface area (Å²) in [6, 6.07) is 0. The molecule has 8 heteroatoms. The van der Waals surface area contributed by atoms with Crippen molar-refractivity contribution in [3.8, 4) is 0 Å². The van der Waals surface area contributed by atoms with E-state index in [1.54, 1.807) is 6.33 Å². The number of hydrazine groups is 1. The van der Waals surface area contributed by atoms with Crippen molar-refractivity contribution >= 4 is 11.6 Å². The molecule has 0 spiro atoms. The summed E-state index contributed by atoms with van der Waals surface area (Å²) in [6.45, 7) is 9.44. The summed E-state index contributed by atoms with van der Waals surface area (Å²) in [5.74, 6) is 8.75. The number of hydrogen-bond donors (Lipinski definition) is 3. The van der Waals surface area contributed by atoms with Crippen LogP contribution < -0.4 is 16.6 Å². The SMILES string of the molecule is CCn1cnnc1CNc1nc(C(C)C)nc(NN)c1C. The molecule has 0 amide bonds. The smallest absolute Gasteiger partial charge is 0.152 e. The molecular weight excluding hydrogens is 268 g/mol. The van der Waals surface area contributed by atoms with Crippen LogP contribution in [0.15, 0.2) is 6.33 Å². The molecule has 2 aromatic rings. The summed E-state index contributed by atoms with van der Waals surface area (Å²) >= 11 is 0. The third-order valence-electron chi connectivity index (χ3n) is 3.27. The van der Waals surface area contributed by atoms with Gasteiger partial charge in [0.05, 0.1) is 6.54 Å². The van der Waals surface area contributed by atoms with Crippen LogP contribution in [0.2, 0.25) is 0 Å². The van der Waals surface area contributed by atoms with Crippen LogP contribution in [0, 0.1) is 6.92 Å². The highest BCUT2D eigenvalue weighted by molar-refractivity contribution is 5.56.